The van der Waals surface area contributed by atoms with Gasteiger partial charge in [-0.2, -0.15) is 11.8 Å². The molecule has 33 nitrogen and oxygen atoms in total. The normalized spacial score (nSPS) is 25.3. The fourth-order valence-electron chi connectivity index (χ4n) is 9.32. The second-order valence-corrected chi connectivity index (χ2v) is 21.9. The number of unbranched alkanes of at least 4 members (excludes halogenated alkanes) is 1. The summed E-state index contributed by atoms with van der Waals surface area (Å²) in [5, 5.41) is 55.9. The van der Waals surface area contributed by atoms with Crippen LogP contribution in [0.2, 0.25) is 0 Å². The van der Waals surface area contributed by atoms with Gasteiger partial charge in [-0.3, -0.25) is 47.8 Å². The van der Waals surface area contributed by atoms with Crippen LogP contribution in [0.3, 0.4) is 0 Å². The molecule has 2 saturated heterocycles. The summed E-state index contributed by atoms with van der Waals surface area (Å²) in [6.45, 7) is 2.29. The number of carbonyl (C=O) groups is 10. The lowest BCUT2D eigenvalue weighted by atomic mass is 10.0. The van der Waals surface area contributed by atoms with Gasteiger partial charge in [0.1, 0.15) is 48.9 Å². The highest BCUT2D eigenvalue weighted by atomic mass is 32.2. The van der Waals surface area contributed by atoms with E-state index in [0.717, 1.165) is 25.0 Å². The van der Waals surface area contributed by atoms with Gasteiger partial charge in [-0.25, -0.2) is 14.8 Å². The maximum atomic E-state index is 14.3. The number of aromatic amines is 2. The molecule has 11 atom stereocenters. The van der Waals surface area contributed by atoms with Crippen molar-refractivity contribution in [3.63, 3.8) is 0 Å². The van der Waals surface area contributed by atoms with Crippen molar-refractivity contribution in [3.05, 3.63) is 48.3 Å². The van der Waals surface area contributed by atoms with Crippen LogP contribution in [0.1, 0.15) is 75.9 Å². The molecule has 3 aliphatic heterocycles. The number of hydrogen-bond donors (Lipinski definition) is 15. The van der Waals surface area contributed by atoms with Gasteiger partial charge in [0.2, 0.25) is 53.2 Å². The average molecular weight is 1220 g/mol. The summed E-state index contributed by atoms with van der Waals surface area (Å²) < 4.78 is 18.1. The molecular weight excluding hydrogens is 1140 g/mol. The minimum Gasteiger partial charge on any atom is -0.394 e. The molecule has 0 saturated carbocycles. The van der Waals surface area contributed by atoms with E-state index in [0.29, 0.717) is 42.4 Å². The molecule has 0 spiro atoms. The Balaban J connectivity index is 1.05. The first kappa shape index (κ1) is 66.4. The Kier molecular flexibility index (Phi) is 26.7. The number of thioether (sulfide) groups is 1. The number of aryl methyl sites for hydroxylation is 1. The zero-order valence-corrected chi connectivity index (χ0v) is 48.1. The zero-order chi connectivity index (χ0) is 61.3. The van der Waals surface area contributed by atoms with Gasteiger partial charge in [0.15, 0.2) is 0 Å². The van der Waals surface area contributed by atoms with Gasteiger partial charge in [0, 0.05) is 79.8 Å². The number of urea groups is 1. The van der Waals surface area contributed by atoms with Crippen LogP contribution in [0.4, 0.5) is 4.79 Å². The molecule has 6 rings (SSSR count). The van der Waals surface area contributed by atoms with Crippen LogP contribution in [-0.2, 0) is 83.2 Å². The van der Waals surface area contributed by atoms with E-state index in [1.54, 1.807) is 0 Å². The lowest BCUT2D eigenvalue weighted by Gasteiger charge is -2.27. The molecule has 11 amide bonds. The van der Waals surface area contributed by atoms with Crippen molar-refractivity contribution in [2.75, 3.05) is 58.5 Å². The Morgan fingerprint density at radius 3 is 2.07 bits per heavy atom. The minimum absolute atomic E-state index is 0.0214. The Bertz CT molecular complexity index is 2680. The smallest absolute Gasteiger partial charge is 0.315 e. The van der Waals surface area contributed by atoms with Crippen molar-refractivity contribution < 1.29 is 72.4 Å². The van der Waals surface area contributed by atoms with Crippen LogP contribution in [0, 0.1) is 0 Å². The van der Waals surface area contributed by atoms with Crippen LogP contribution >= 0.6 is 11.8 Å². The summed E-state index contributed by atoms with van der Waals surface area (Å²) in [5.41, 5.74) is 6.54. The third-order valence-corrected chi connectivity index (χ3v) is 15.4. The first-order valence-corrected chi connectivity index (χ1v) is 29.1. The van der Waals surface area contributed by atoms with Gasteiger partial charge in [-0.1, -0.05) is 11.6 Å². The van der Waals surface area contributed by atoms with Gasteiger partial charge in [-0.05, 0) is 46.0 Å². The highest BCUT2D eigenvalue weighted by Crippen LogP contribution is 2.33. The van der Waals surface area contributed by atoms with Crippen LogP contribution < -0.4 is 58.9 Å². The van der Waals surface area contributed by atoms with E-state index in [-0.39, 0.29) is 95.0 Å². The number of nitrogens with zero attached hydrogens (tertiary/aromatic N) is 5. The van der Waals surface area contributed by atoms with E-state index >= 15 is 0 Å². The third-order valence-electron chi connectivity index (χ3n) is 13.9. The second-order valence-electron chi connectivity index (χ2n) is 20.6. The molecule has 3 aromatic rings. The van der Waals surface area contributed by atoms with E-state index in [1.165, 1.54) is 49.8 Å². The number of carbonyl (C=O) groups excluding carboxylic acids is 10. The number of fused-ring (bicyclic) bond motifs is 3. The van der Waals surface area contributed by atoms with Gasteiger partial charge >= 0.3 is 6.03 Å². The molecule has 3 aliphatic rings. The average Bonchev–Trinajstić information content (AvgIpc) is 4.54. The summed E-state index contributed by atoms with van der Waals surface area (Å²) in [4.78, 5) is 146. The number of primary amides is 1. The molecule has 0 aromatic carbocycles. The second kappa shape index (κ2) is 34.2. The van der Waals surface area contributed by atoms with E-state index < -0.39 is 109 Å². The number of aromatic nitrogens is 7. The van der Waals surface area contributed by atoms with Crippen molar-refractivity contribution in [1.29, 1.82) is 0 Å². The molecule has 3 aromatic heterocycles. The van der Waals surface area contributed by atoms with Crippen LogP contribution in [0.5, 0.6) is 0 Å². The molecule has 2 bridgehead atoms. The number of aliphatic hydroxyl groups excluding tert-OH is 2. The highest BCUT2D eigenvalue weighted by Gasteiger charge is 2.43. The van der Waals surface area contributed by atoms with E-state index in [1.807, 2.05) is 11.8 Å². The number of H-pyrrole nitrogens is 2. The van der Waals surface area contributed by atoms with Crippen LogP contribution in [0.15, 0.2) is 31.2 Å². The SMILES string of the molecule is C[C@H](O)[C@H]1NC(=O)[C@@H](Cc2cnc[nH]2)NC(=O)[C@@H](CO)NC(=O)[C@@H](Cc2cnc[nH]2)NC(=O)[C@@H](NC(=O)COCCOCCOCCNC(=O)CCCC[C@@H]2SC[C@@H]3NC(=O)N[C@@H]32)Cc2cn(nn2)CCCC[C@@H](C(N)=O)NC(=O)[C@@H](C)NC1=O. The maximum Gasteiger partial charge on any atom is 0.315 e. The van der Waals surface area contributed by atoms with Gasteiger partial charge in [0.05, 0.1) is 76.2 Å². The predicted octanol–water partition coefficient (Wildman–Crippen LogP) is -5.90. The van der Waals surface area contributed by atoms with Crippen molar-refractivity contribution in [1.82, 2.24) is 88.1 Å². The van der Waals surface area contributed by atoms with Gasteiger partial charge < -0.3 is 93.3 Å². The van der Waals surface area contributed by atoms with Crippen molar-refractivity contribution in [3.8, 4) is 0 Å². The summed E-state index contributed by atoms with van der Waals surface area (Å²) >= 11 is 1.84. The number of rotatable bonds is 24. The fourth-order valence-corrected chi connectivity index (χ4v) is 10.9. The van der Waals surface area contributed by atoms with Crippen molar-refractivity contribution >= 4 is 71.0 Å². The molecule has 0 unspecified atom stereocenters. The summed E-state index contributed by atoms with van der Waals surface area (Å²) in [5.74, 6) is -6.57. The lowest BCUT2D eigenvalue weighted by Crippen LogP contribution is -2.62. The lowest BCUT2D eigenvalue weighted by molar-refractivity contribution is -0.137. The summed E-state index contributed by atoms with van der Waals surface area (Å²) in [6.07, 6.45) is 8.28. The first-order chi connectivity index (χ1) is 40.9. The molecule has 0 aliphatic carbocycles. The Labute approximate surface area is 492 Å². The topological polar surface area (TPSA) is 473 Å². The monoisotopic (exact) mass is 1210 g/mol. The van der Waals surface area contributed by atoms with E-state index in [9.17, 15) is 58.2 Å². The Hall–Kier alpha value is -7.79. The number of ether oxygens (including phenoxy) is 3. The number of nitrogens with two attached hydrogens (primary N) is 1. The zero-order valence-electron chi connectivity index (χ0n) is 47.3. The van der Waals surface area contributed by atoms with Gasteiger partial charge in [0.25, 0.3) is 0 Å². The number of hydrogen-bond acceptors (Lipinski definition) is 20. The summed E-state index contributed by atoms with van der Waals surface area (Å²) in [7, 11) is 0. The Morgan fingerprint density at radius 1 is 0.765 bits per heavy atom. The van der Waals surface area contributed by atoms with Gasteiger partial charge in [-0.15, -0.1) is 5.10 Å². The molecule has 6 heterocycles. The number of imidazole rings is 2. The standard InChI is InChI=1S/C51H78N18O15S/c1-28-45(75)60-33(44(52)74)7-5-6-11-69-22-32(67-68-69)19-34(59-41(73)24-84-16-15-83-14-13-82-12-10-55-40(72)9-4-3-8-39-43-38(25-85-39)64-51(81)66-43)46(76)61-35(17-30-20-53-26-56-30)47(77)63-37(23-70)49(79)62-36(18-31-21-54-27-57-31)48(78)65-42(29(2)71)50(80)58-28/h20-22,26-29,33-39,42-43,70-71H,3-19,23-25H2,1-2H3,(H2,52,74)(H,53,56)(H,54,57)(H,55,72)(H,58,80)(H,59,73)(H,60,75)(H,61,76)(H,62,79)(H,63,77)(H,65,78)(H2,64,66,81)/t28-,29+,33+,34+,35-,36-,37-,38+,39+,42-,43+/m1/s1. The predicted molar refractivity (Wildman–Crippen MR) is 299 cm³/mol. The molecular formula is C51H78N18O15S. The molecule has 0 radical (unpaired) electrons. The van der Waals surface area contributed by atoms with Crippen molar-refractivity contribution in [2.45, 2.75) is 150 Å². The first-order valence-electron chi connectivity index (χ1n) is 28.1. The van der Waals surface area contributed by atoms with Crippen molar-refractivity contribution in [2.24, 2.45) is 5.73 Å². The quantitative estimate of drug-likeness (QED) is 0.0293. The molecule has 16 N–H and O–H groups in total. The largest absolute Gasteiger partial charge is 0.394 e. The molecule has 468 valence electrons. The third kappa shape index (κ3) is 22.0. The maximum absolute atomic E-state index is 14.3. The van der Waals surface area contributed by atoms with Crippen LogP contribution in [-0.4, -0.2) is 229 Å². The van der Waals surface area contributed by atoms with E-state index in [4.69, 9.17) is 19.9 Å². The fraction of sp³-hybridized carbons (Fsp3) is 0.647. The highest BCUT2D eigenvalue weighted by molar-refractivity contribution is 8.00. The number of amides is 11. The molecule has 85 heavy (non-hydrogen) atoms. The number of aliphatic hydroxyl groups is 2. The summed E-state index contributed by atoms with van der Waals surface area (Å²) in [6, 6.07) is -10.2. The van der Waals surface area contributed by atoms with Crippen LogP contribution in [0.25, 0.3) is 0 Å². The number of nitrogens with one attached hydrogen (secondary N) is 12. The molecule has 34 heteroatoms. The molecule has 2 fully saturated rings. The van der Waals surface area contributed by atoms with E-state index in [2.05, 4.69) is 83.4 Å². The minimum atomic E-state index is -1.76. The Morgan fingerprint density at radius 2 is 1.41 bits per heavy atom.